The number of aliphatic hydroxyl groups is 1. The first-order valence-electron chi connectivity index (χ1n) is 5.44. The third kappa shape index (κ3) is 3.04. The van der Waals surface area contributed by atoms with E-state index in [9.17, 15) is 14.7 Å². The van der Waals surface area contributed by atoms with Crippen LogP contribution in [0.4, 0.5) is 0 Å². The number of rotatable bonds is 4. The first-order chi connectivity index (χ1) is 8.58. The molecule has 1 aromatic rings. The second-order valence-corrected chi connectivity index (χ2v) is 6.23. The quantitative estimate of drug-likeness (QED) is 0.804. The lowest BCUT2D eigenvalue weighted by Crippen LogP contribution is -2.41. The molecule has 0 saturated carbocycles. The highest BCUT2D eigenvalue weighted by atomic mass is 32.2. The fourth-order valence-electron chi connectivity index (χ4n) is 1.88. The van der Waals surface area contributed by atoms with E-state index in [1.54, 1.807) is 11.3 Å². The SMILES string of the molecule is O=C(O)[C@@H]1C[C@@H](O)CN1C(=O)CSc1cccs1. The Labute approximate surface area is 112 Å². The van der Waals surface area contributed by atoms with Crippen molar-refractivity contribution in [1.82, 2.24) is 4.90 Å². The number of aliphatic hydroxyl groups excluding tert-OH is 1. The Balaban J connectivity index is 1.93. The zero-order valence-electron chi connectivity index (χ0n) is 9.48. The van der Waals surface area contributed by atoms with Crippen LogP contribution in [0.25, 0.3) is 0 Å². The maximum absolute atomic E-state index is 11.9. The van der Waals surface area contributed by atoms with Gasteiger partial charge in [-0.3, -0.25) is 4.79 Å². The van der Waals surface area contributed by atoms with Crippen molar-refractivity contribution in [2.24, 2.45) is 0 Å². The molecular formula is C11H13NO4S2. The highest BCUT2D eigenvalue weighted by Gasteiger charge is 2.38. The molecule has 1 saturated heterocycles. The smallest absolute Gasteiger partial charge is 0.326 e. The van der Waals surface area contributed by atoms with Crippen LogP contribution in [-0.4, -0.2) is 51.4 Å². The third-order valence-electron chi connectivity index (χ3n) is 2.72. The van der Waals surface area contributed by atoms with Gasteiger partial charge < -0.3 is 15.1 Å². The van der Waals surface area contributed by atoms with E-state index in [0.717, 1.165) is 4.21 Å². The molecule has 0 spiro atoms. The zero-order valence-corrected chi connectivity index (χ0v) is 11.1. The molecule has 2 atom stereocenters. The number of thioether (sulfide) groups is 1. The van der Waals surface area contributed by atoms with Crippen LogP contribution in [0.15, 0.2) is 21.7 Å². The van der Waals surface area contributed by atoms with Crippen molar-refractivity contribution in [3.8, 4) is 0 Å². The molecule has 1 aliphatic heterocycles. The lowest BCUT2D eigenvalue weighted by molar-refractivity contribution is -0.147. The number of thiophene rings is 1. The van der Waals surface area contributed by atoms with Crippen molar-refractivity contribution >= 4 is 35.0 Å². The summed E-state index contributed by atoms with van der Waals surface area (Å²) in [6, 6.07) is 2.92. The Morgan fingerprint density at radius 2 is 2.33 bits per heavy atom. The summed E-state index contributed by atoms with van der Waals surface area (Å²) in [5.41, 5.74) is 0. The van der Waals surface area contributed by atoms with Gasteiger partial charge in [0.25, 0.3) is 0 Å². The van der Waals surface area contributed by atoms with Crippen LogP contribution in [0, 0.1) is 0 Å². The minimum atomic E-state index is -1.05. The molecule has 1 fully saturated rings. The van der Waals surface area contributed by atoms with Gasteiger partial charge in [-0.15, -0.1) is 23.1 Å². The number of aliphatic carboxylic acids is 1. The van der Waals surface area contributed by atoms with Crippen LogP contribution in [0.5, 0.6) is 0 Å². The molecule has 98 valence electrons. The minimum Gasteiger partial charge on any atom is -0.480 e. The Morgan fingerprint density at radius 1 is 1.56 bits per heavy atom. The van der Waals surface area contributed by atoms with E-state index >= 15 is 0 Å². The van der Waals surface area contributed by atoms with Gasteiger partial charge in [-0.1, -0.05) is 6.07 Å². The number of carbonyl (C=O) groups excluding carboxylic acids is 1. The van der Waals surface area contributed by atoms with Crippen LogP contribution in [0.2, 0.25) is 0 Å². The van der Waals surface area contributed by atoms with Crippen molar-refractivity contribution in [3.63, 3.8) is 0 Å². The Kier molecular flexibility index (Phi) is 4.26. The number of nitrogens with zero attached hydrogens (tertiary/aromatic N) is 1. The van der Waals surface area contributed by atoms with Gasteiger partial charge in [0.1, 0.15) is 6.04 Å². The lowest BCUT2D eigenvalue weighted by Gasteiger charge is -2.20. The molecule has 0 aliphatic carbocycles. The predicted molar refractivity (Wildman–Crippen MR) is 68.8 cm³/mol. The van der Waals surface area contributed by atoms with Crippen molar-refractivity contribution in [2.75, 3.05) is 12.3 Å². The fourth-order valence-corrected chi connectivity index (χ4v) is 3.56. The summed E-state index contributed by atoms with van der Waals surface area (Å²) in [4.78, 5) is 24.2. The van der Waals surface area contributed by atoms with Gasteiger partial charge in [-0.05, 0) is 11.4 Å². The number of hydrogen-bond acceptors (Lipinski definition) is 5. The molecule has 2 N–H and O–H groups in total. The summed E-state index contributed by atoms with van der Waals surface area (Å²) in [7, 11) is 0. The molecule has 0 bridgehead atoms. The third-order valence-corrected chi connectivity index (χ3v) is 4.83. The number of carbonyl (C=O) groups is 2. The number of carboxylic acids is 1. The molecular weight excluding hydrogens is 274 g/mol. The van der Waals surface area contributed by atoms with Gasteiger partial charge in [-0.25, -0.2) is 4.79 Å². The second-order valence-electron chi connectivity index (χ2n) is 4.01. The average Bonchev–Trinajstić information content (AvgIpc) is 2.94. The van der Waals surface area contributed by atoms with E-state index in [-0.39, 0.29) is 24.6 Å². The van der Waals surface area contributed by atoms with Crippen molar-refractivity contribution < 1.29 is 19.8 Å². The Morgan fingerprint density at radius 3 is 2.94 bits per heavy atom. The van der Waals surface area contributed by atoms with Gasteiger partial charge in [0.2, 0.25) is 5.91 Å². The zero-order chi connectivity index (χ0) is 13.1. The molecule has 1 amide bonds. The lowest BCUT2D eigenvalue weighted by atomic mass is 10.2. The summed E-state index contributed by atoms with van der Waals surface area (Å²) in [5.74, 6) is -1.09. The van der Waals surface area contributed by atoms with Crippen molar-refractivity contribution in [2.45, 2.75) is 22.8 Å². The van der Waals surface area contributed by atoms with Crippen LogP contribution < -0.4 is 0 Å². The van der Waals surface area contributed by atoms with E-state index < -0.39 is 18.1 Å². The number of β-amino-alcohol motifs (C(OH)–C–C–N with tert-alkyl or cyclic N) is 1. The Bertz CT molecular complexity index is 434. The van der Waals surface area contributed by atoms with Crippen LogP contribution >= 0.6 is 23.1 Å². The van der Waals surface area contributed by atoms with Crippen LogP contribution in [-0.2, 0) is 9.59 Å². The molecule has 1 aromatic heterocycles. The van der Waals surface area contributed by atoms with E-state index in [4.69, 9.17) is 5.11 Å². The molecule has 0 radical (unpaired) electrons. The number of likely N-dealkylation sites (tertiary alicyclic amines) is 1. The number of hydrogen-bond donors (Lipinski definition) is 2. The molecule has 0 unspecified atom stereocenters. The predicted octanol–water partition coefficient (Wildman–Crippen LogP) is 0.887. The Hall–Kier alpha value is -1.05. The van der Waals surface area contributed by atoms with Gasteiger partial charge in [-0.2, -0.15) is 0 Å². The molecule has 2 rings (SSSR count). The molecule has 1 aliphatic rings. The monoisotopic (exact) mass is 287 g/mol. The van der Waals surface area contributed by atoms with Gasteiger partial charge >= 0.3 is 5.97 Å². The average molecular weight is 287 g/mol. The molecule has 18 heavy (non-hydrogen) atoms. The summed E-state index contributed by atoms with van der Waals surface area (Å²) in [6.07, 6.45) is -0.619. The summed E-state index contributed by atoms with van der Waals surface area (Å²) < 4.78 is 1.02. The first kappa shape index (κ1) is 13.4. The maximum atomic E-state index is 11.9. The molecule has 2 heterocycles. The highest BCUT2D eigenvalue weighted by molar-refractivity contribution is 8.01. The van der Waals surface area contributed by atoms with E-state index in [1.807, 2.05) is 17.5 Å². The minimum absolute atomic E-state index is 0.112. The summed E-state index contributed by atoms with van der Waals surface area (Å²) in [5, 5.41) is 20.4. The standard InChI is InChI=1S/C11H13NO4S2/c13-7-4-8(11(15)16)12(5-7)9(14)6-18-10-2-1-3-17-10/h1-3,7-8,13H,4-6H2,(H,15,16)/t7-,8+/m1/s1. The normalized spacial score (nSPS) is 23.3. The van der Waals surface area contributed by atoms with Gasteiger partial charge in [0.15, 0.2) is 0 Å². The summed E-state index contributed by atoms with van der Waals surface area (Å²) >= 11 is 2.93. The maximum Gasteiger partial charge on any atom is 0.326 e. The molecule has 5 nitrogen and oxygen atoms in total. The second kappa shape index (κ2) is 5.73. The van der Waals surface area contributed by atoms with Crippen molar-refractivity contribution in [3.05, 3.63) is 17.5 Å². The van der Waals surface area contributed by atoms with E-state index in [0.29, 0.717) is 0 Å². The molecule has 0 aromatic carbocycles. The van der Waals surface area contributed by atoms with E-state index in [2.05, 4.69) is 0 Å². The van der Waals surface area contributed by atoms with E-state index in [1.165, 1.54) is 16.7 Å². The van der Waals surface area contributed by atoms with Crippen LogP contribution in [0.1, 0.15) is 6.42 Å². The number of amides is 1. The summed E-state index contributed by atoms with van der Waals surface area (Å²) in [6.45, 7) is 0.112. The van der Waals surface area contributed by atoms with Crippen molar-refractivity contribution in [1.29, 1.82) is 0 Å². The van der Waals surface area contributed by atoms with Gasteiger partial charge in [0.05, 0.1) is 16.1 Å². The highest BCUT2D eigenvalue weighted by Crippen LogP contribution is 2.25. The molecule has 7 heteroatoms. The number of carboxylic acid groups (broad SMARTS) is 1. The largest absolute Gasteiger partial charge is 0.480 e. The topological polar surface area (TPSA) is 77.8 Å². The first-order valence-corrected chi connectivity index (χ1v) is 7.31. The fraction of sp³-hybridized carbons (Fsp3) is 0.455. The van der Waals surface area contributed by atoms with Crippen LogP contribution in [0.3, 0.4) is 0 Å². The van der Waals surface area contributed by atoms with Gasteiger partial charge in [0, 0.05) is 13.0 Å².